The number of hydrogen-bond acceptors (Lipinski definition) is 2. The second kappa shape index (κ2) is 19.9. The third-order valence-corrected chi connectivity index (χ3v) is 20.3. The zero-order chi connectivity index (χ0) is 60.1. The van der Waals surface area contributed by atoms with E-state index < -0.39 is 0 Å². The predicted molar refractivity (Wildman–Crippen MR) is 387 cm³/mol. The monoisotopic (exact) mass is 1160 g/mol. The molecule has 92 heavy (non-hydrogen) atoms. The van der Waals surface area contributed by atoms with Crippen LogP contribution in [-0.2, 0) is 0 Å². The van der Waals surface area contributed by atoms with Gasteiger partial charge in [0.2, 0.25) is 0 Å². The topological polar surface area (TPSA) is 18.5 Å². The van der Waals surface area contributed by atoms with E-state index in [0.717, 1.165) is 67.5 Å². The van der Waals surface area contributed by atoms with Gasteiger partial charge in [-0.1, -0.05) is 278 Å². The average molecular weight is 1160 g/mol. The Balaban J connectivity index is 1.05. The minimum atomic E-state index is -0.159. The van der Waals surface area contributed by atoms with Gasteiger partial charge >= 0.3 is 0 Å². The lowest BCUT2D eigenvalue weighted by atomic mass is 9.31. The van der Waals surface area contributed by atoms with Crippen LogP contribution in [0.2, 0.25) is 0 Å². The predicted octanol–water partition coefficient (Wildman–Crippen LogP) is 19.1. The minimum Gasteiger partial charge on any atom is -0.458 e. The molecule has 4 heteroatoms. The van der Waals surface area contributed by atoms with Crippen molar-refractivity contribution in [2.75, 3.05) is 0 Å². The van der Waals surface area contributed by atoms with Crippen molar-refractivity contribution < 1.29 is 9.47 Å². The molecule has 0 saturated carbocycles. The Kier molecular flexibility index (Phi) is 11.1. The molecule has 16 aromatic carbocycles. The summed E-state index contributed by atoms with van der Waals surface area (Å²) in [6, 6.07) is 117. The van der Waals surface area contributed by atoms with E-state index in [0.29, 0.717) is 0 Å². The van der Waals surface area contributed by atoms with E-state index in [-0.39, 0.29) is 13.4 Å². The Morgan fingerprint density at radius 3 is 0.848 bits per heavy atom. The van der Waals surface area contributed by atoms with Crippen LogP contribution in [-0.4, -0.2) is 13.4 Å². The number of para-hydroxylation sites is 2. The summed E-state index contributed by atoms with van der Waals surface area (Å²) in [5.41, 5.74) is 30.8. The Morgan fingerprint density at radius 2 is 0.500 bits per heavy atom. The molecule has 0 bridgehead atoms. The fourth-order valence-electron chi connectivity index (χ4n) is 16.6. The summed E-state index contributed by atoms with van der Waals surface area (Å²) >= 11 is 0. The largest absolute Gasteiger partial charge is 0.458 e. The fourth-order valence-corrected chi connectivity index (χ4v) is 16.6. The molecule has 0 radical (unpaired) electrons. The van der Waals surface area contributed by atoms with Gasteiger partial charge in [-0.15, -0.1) is 0 Å². The maximum absolute atomic E-state index is 7.31. The van der Waals surface area contributed by atoms with Crippen molar-refractivity contribution in [3.63, 3.8) is 0 Å². The number of hydrogen-bond donors (Lipinski definition) is 0. The number of rotatable bonds is 8. The number of fused-ring (bicyclic) bond motifs is 8. The molecule has 4 aliphatic rings. The molecular weight excluding hydrogens is 1110 g/mol. The summed E-state index contributed by atoms with van der Waals surface area (Å²) in [4.78, 5) is 0. The van der Waals surface area contributed by atoms with Crippen molar-refractivity contribution in [1.82, 2.24) is 0 Å². The van der Waals surface area contributed by atoms with Crippen LogP contribution in [0.1, 0.15) is 0 Å². The van der Waals surface area contributed by atoms with Crippen molar-refractivity contribution in [2.24, 2.45) is 0 Å². The quantitative estimate of drug-likeness (QED) is 0.112. The third kappa shape index (κ3) is 7.47. The summed E-state index contributed by atoms with van der Waals surface area (Å²) in [6.07, 6.45) is 0. The van der Waals surface area contributed by atoms with Gasteiger partial charge in [0.25, 0.3) is 13.4 Å². The highest BCUT2D eigenvalue weighted by Crippen LogP contribution is 2.55. The van der Waals surface area contributed by atoms with Crippen LogP contribution < -0.4 is 42.3 Å². The summed E-state index contributed by atoms with van der Waals surface area (Å²) < 4.78 is 14.6. The molecule has 16 aromatic rings. The van der Waals surface area contributed by atoms with Gasteiger partial charge in [-0.3, -0.25) is 0 Å². The van der Waals surface area contributed by atoms with Gasteiger partial charge in [0.15, 0.2) is 0 Å². The highest BCUT2D eigenvalue weighted by molar-refractivity contribution is 7.01. The summed E-state index contributed by atoms with van der Waals surface area (Å²) in [5, 5.41) is 7.56. The van der Waals surface area contributed by atoms with Crippen LogP contribution in [0.15, 0.2) is 315 Å². The number of benzene rings is 16. The van der Waals surface area contributed by atoms with E-state index in [1.165, 1.54) is 132 Å². The second-order valence-corrected chi connectivity index (χ2v) is 25.1. The van der Waals surface area contributed by atoms with E-state index in [1.54, 1.807) is 0 Å². The highest BCUT2D eigenvalue weighted by atomic mass is 16.5. The molecule has 0 aliphatic carbocycles. The molecular formula is C88H52B2O2. The highest BCUT2D eigenvalue weighted by Gasteiger charge is 2.45. The summed E-state index contributed by atoms with van der Waals surface area (Å²) in [7, 11) is 0. The zero-order valence-electron chi connectivity index (χ0n) is 50.0. The van der Waals surface area contributed by atoms with E-state index in [4.69, 9.17) is 9.47 Å². The maximum Gasteiger partial charge on any atom is 0.252 e. The first-order chi connectivity index (χ1) is 45.7. The molecule has 0 aromatic heterocycles. The average Bonchev–Trinajstić information content (AvgIpc) is 0.668. The Hall–Kier alpha value is -11.7. The van der Waals surface area contributed by atoms with Crippen LogP contribution in [0.25, 0.3) is 144 Å². The molecule has 4 heterocycles. The molecule has 422 valence electrons. The van der Waals surface area contributed by atoms with Gasteiger partial charge in [0, 0.05) is 0 Å². The van der Waals surface area contributed by atoms with Crippen molar-refractivity contribution in [1.29, 1.82) is 0 Å². The van der Waals surface area contributed by atoms with Crippen LogP contribution in [0.3, 0.4) is 0 Å². The zero-order valence-corrected chi connectivity index (χ0v) is 50.0. The van der Waals surface area contributed by atoms with E-state index >= 15 is 0 Å². The smallest absolute Gasteiger partial charge is 0.252 e. The summed E-state index contributed by atoms with van der Waals surface area (Å²) in [5.74, 6) is 3.56. The normalized spacial score (nSPS) is 12.7. The minimum absolute atomic E-state index is 0.159. The molecule has 0 saturated heterocycles. The van der Waals surface area contributed by atoms with Crippen LogP contribution in [0.5, 0.6) is 23.0 Å². The maximum atomic E-state index is 7.31. The Morgan fingerprint density at radius 1 is 0.185 bits per heavy atom. The molecule has 4 aliphatic heterocycles. The van der Waals surface area contributed by atoms with E-state index in [9.17, 15) is 0 Å². The molecule has 0 spiro atoms. The van der Waals surface area contributed by atoms with E-state index in [1.807, 2.05) is 0 Å². The van der Waals surface area contributed by atoms with Gasteiger partial charge in [0.05, 0.1) is 0 Å². The lowest BCUT2D eigenvalue weighted by Gasteiger charge is -2.38. The molecule has 0 N–H and O–H groups in total. The van der Waals surface area contributed by atoms with Crippen molar-refractivity contribution in [2.45, 2.75) is 0 Å². The summed E-state index contributed by atoms with van der Waals surface area (Å²) in [6.45, 7) is -0.318. The van der Waals surface area contributed by atoms with Crippen molar-refractivity contribution in [3.05, 3.63) is 315 Å². The lowest BCUT2D eigenvalue weighted by Crippen LogP contribution is -2.58. The first-order valence-corrected chi connectivity index (χ1v) is 32.0. The molecule has 0 atom stereocenters. The van der Waals surface area contributed by atoms with Crippen molar-refractivity contribution in [3.8, 4) is 134 Å². The Bertz CT molecular complexity index is 5260. The van der Waals surface area contributed by atoms with Gasteiger partial charge in [-0.25, -0.2) is 0 Å². The van der Waals surface area contributed by atoms with Crippen LogP contribution in [0.4, 0.5) is 0 Å². The number of ether oxygens (including phenoxy) is 2. The molecule has 0 amide bonds. The van der Waals surface area contributed by atoms with Gasteiger partial charge in [-0.2, -0.15) is 0 Å². The lowest BCUT2D eigenvalue weighted by molar-refractivity contribution is 0.487. The fraction of sp³-hybridized carbons (Fsp3) is 0. The second-order valence-electron chi connectivity index (χ2n) is 25.1. The molecule has 20 rings (SSSR count). The standard InChI is InChI=1S/C88H52B2O2/c1-7-25-53(26-8-1)59-45-71-67-49-65(81-61(55-29-11-3-12-30-55)37-23-38-62(81)56-31-13-4-14-32-56)69-52-76-84-68(72-46-60(54-27-9-2-10-28-54)48-80-88(72)90(76)74-42-20-22-44-78(74)92-80)50-66(82-63(57-33-15-5-16-34-57)39-24-40-64(82)58-35-17-6-18-36-58)70-51-75(83(67)85(69)86(70)84)89-73-41-19-21-43-77(73)91-79(47-59)87(71)89/h1-52H. The van der Waals surface area contributed by atoms with Crippen LogP contribution >= 0.6 is 0 Å². The molecule has 0 unspecified atom stereocenters. The SMILES string of the molecule is c1ccc(-c2cc3c4c(c2)-c2cc(-c5c(-c6ccccc6)cccc5-c5ccccc5)c5cc6c7c(cc(-c8c(-c9ccccc9)cccc8-c8ccccc8)c8cc(c2c5c87)B4c2ccccc2O3)-c2cc(-c3ccccc3)cc3c2B6c2ccccc2O3)cc1. The first-order valence-electron chi connectivity index (χ1n) is 32.0. The van der Waals surface area contributed by atoms with E-state index in [2.05, 4.69) is 315 Å². The van der Waals surface area contributed by atoms with Gasteiger partial charge < -0.3 is 9.47 Å². The molecule has 0 fully saturated rings. The van der Waals surface area contributed by atoms with Crippen molar-refractivity contribution >= 4 is 78.5 Å². The van der Waals surface area contributed by atoms with Gasteiger partial charge in [-0.05, 0) is 214 Å². The van der Waals surface area contributed by atoms with Crippen LogP contribution in [0, 0.1) is 0 Å². The Labute approximate surface area is 534 Å². The third-order valence-electron chi connectivity index (χ3n) is 20.3. The first kappa shape index (κ1) is 51.2. The van der Waals surface area contributed by atoms with Gasteiger partial charge in [0.1, 0.15) is 23.0 Å². The molecule has 2 nitrogen and oxygen atoms in total.